The van der Waals surface area contributed by atoms with E-state index in [0.717, 1.165) is 24.2 Å². The number of carbonyl (C=O) groups is 1. The van der Waals surface area contributed by atoms with Crippen molar-refractivity contribution in [2.75, 3.05) is 25.0 Å². The number of nitrogens with two attached hydrogens (primary N) is 1. The smallest absolute Gasteiger partial charge is 0.237 e. The third kappa shape index (κ3) is 2.71. The number of halogens is 1. The van der Waals surface area contributed by atoms with Crippen molar-refractivity contribution in [3.8, 4) is 0 Å². The monoisotopic (exact) mass is 265 g/mol. The van der Waals surface area contributed by atoms with Crippen molar-refractivity contribution in [1.82, 2.24) is 5.32 Å². The molecule has 1 atom stereocenters. The Morgan fingerprint density at radius 1 is 1.58 bits per heavy atom. The lowest BCUT2D eigenvalue weighted by atomic mass is 9.97. The second-order valence-electron chi connectivity index (χ2n) is 5.21. The van der Waals surface area contributed by atoms with Crippen LogP contribution in [0.15, 0.2) is 18.2 Å². The molecule has 0 fully saturated rings. The van der Waals surface area contributed by atoms with Crippen LogP contribution >= 0.6 is 0 Å². The van der Waals surface area contributed by atoms with Gasteiger partial charge in [0, 0.05) is 18.8 Å². The Bertz CT molecular complexity index is 492. The lowest BCUT2D eigenvalue weighted by Crippen LogP contribution is -2.53. The van der Waals surface area contributed by atoms with Gasteiger partial charge in [0.25, 0.3) is 0 Å². The highest BCUT2D eigenvalue weighted by atomic mass is 19.1. The van der Waals surface area contributed by atoms with Gasteiger partial charge in [-0.25, -0.2) is 4.39 Å². The number of nitrogens with zero attached hydrogens (tertiary/aromatic N) is 1. The summed E-state index contributed by atoms with van der Waals surface area (Å²) in [4.78, 5) is 13.5. The lowest BCUT2D eigenvalue weighted by Gasteiger charge is -2.29. The number of benzene rings is 1. The lowest BCUT2D eigenvalue weighted by molar-refractivity contribution is -0.123. The average Bonchev–Trinajstić information content (AvgIpc) is 2.78. The minimum absolute atomic E-state index is 0.225. The SMILES string of the molecule is CNC(C)(CCN1CCc2ccc(F)cc21)C(N)=O. The van der Waals surface area contributed by atoms with Crippen molar-refractivity contribution in [1.29, 1.82) is 0 Å². The summed E-state index contributed by atoms with van der Waals surface area (Å²) in [5, 5.41) is 2.96. The standard InChI is InChI=1S/C14H20FN3O/c1-14(17-2,13(16)19)6-8-18-7-5-10-3-4-11(15)9-12(10)18/h3-4,9,17H,5-8H2,1-2H3,(H2,16,19). The minimum atomic E-state index is -0.726. The Morgan fingerprint density at radius 3 is 2.95 bits per heavy atom. The molecule has 1 aromatic carbocycles. The van der Waals surface area contributed by atoms with E-state index in [4.69, 9.17) is 5.73 Å². The van der Waals surface area contributed by atoms with Crippen LogP contribution in [-0.4, -0.2) is 31.6 Å². The third-order valence-electron chi connectivity index (χ3n) is 4.02. The summed E-state index contributed by atoms with van der Waals surface area (Å²) in [6.45, 7) is 3.33. The van der Waals surface area contributed by atoms with Gasteiger partial charge in [0.15, 0.2) is 0 Å². The molecule has 0 saturated heterocycles. The Labute approximate surface area is 112 Å². The first-order valence-electron chi connectivity index (χ1n) is 6.48. The second-order valence-corrected chi connectivity index (χ2v) is 5.21. The van der Waals surface area contributed by atoms with Gasteiger partial charge in [0.1, 0.15) is 5.82 Å². The molecule has 1 aliphatic heterocycles. The van der Waals surface area contributed by atoms with Crippen LogP contribution in [0.1, 0.15) is 18.9 Å². The number of hydrogen-bond donors (Lipinski definition) is 2. The van der Waals surface area contributed by atoms with Crippen molar-refractivity contribution in [3.63, 3.8) is 0 Å². The molecule has 1 unspecified atom stereocenters. The first kappa shape index (κ1) is 13.8. The summed E-state index contributed by atoms with van der Waals surface area (Å²) in [6, 6.07) is 4.88. The van der Waals surface area contributed by atoms with Gasteiger partial charge >= 0.3 is 0 Å². The zero-order valence-corrected chi connectivity index (χ0v) is 11.4. The van der Waals surface area contributed by atoms with Crippen LogP contribution in [0.3, 0.4) is 0 Å². The van der Waals surface area contributed by atoms with E-state index in [1.54, 1.807) is 20.0 Å². The Hall–Kier alpha value is -1.62. The molecule has 0 radical (unpaired) electrons. The van der Waals surface area contributed by atoms with Gasteiger partial charge in [0.2, 0.25) is 5.91 Å². The van der Waals surface area contributed by atoms with E-state index in [-0.39, 0.29) is 11.7 Å². The van der Waals surface area contributed by atoms with Gasteiger partial charge in [-0.15, -0.1) is 0 Å². The highest BCUT2D eigenvalue weighted by molar-refractivity contribution is 5.84. The topological polar surface area (TPSA) is 58.4 Å². The molecule has 1 aliphatic rings. The number of primary amides is 1. The van der Waals surface area contributed by atoms with E-state index in [9.17, 15) is 9.18 Å². The van der Waals surface area contributed by atoms with Crippen LogP contribution in [0, 0.1) is 5.82 Å². The molecule has 0 bridgehead atoms. The van der Waals surface area contributed by atoms with Crippen molar-refractivity contribution >= 4 is 11.6 Å². The van der Waals surface area contributed by atoms with Gasteiger partial charge in [-0.2, -0.15) is 0 Å². The number of carbonyl (C=O) groups excluding carboxylic acids is 1. The van der Waals surface area contributed by atoms with Crippen LogP contribution in [0.2, 0.25) is 0 Å². The average molecular weight is 265 g/mol. The molecule has 0 saturated carbocycles. The molecule has 1 heterocycles. The summed E-state index contributed by atoms with van der Waals surface area (Å²) in [7, 11) is 1.72. The number of rotatable bonds is 5. The zero-order valence-electron chi connectivity index (χ0n) is 11.4. The third-order valence-corrected chi connectivity index (χ3v) is 4.02. The van der Waals surface area contributed by atoms with E-state index < -0.39 is 5.54 Å². The summed E-state index contributed by atoms with van der Waals surface area (Å²) in [5.74, 6) is -0.592. The fourth-order valence-corrected chi connectivity index (χ4v) is 2.38. The molecule has 19 heavy (non-hydrogen) atoms. The van der Waals surface area contributed by atoms with E-state index >= 15 is 0 Å². The van der Waals surface area contributed by atoms with Gasteiger partial charge in [-0.1, -0.05) is 6.07 Å². The summed E-state index contributed by atoms with van der Waals surface area (Å²) < 4.78 is 13.3. The van der Waals surface area contributed by atoms with Gasteiger partial charge in [0.05, 0.1) is 5.54 Å². The number of anilines is 1. The quantitative estimate of drug-likeness (QED) is 0.836. The molecular formula is C14H20FN3O. The van der Waals surface area contributed by atoms with Crippen LogP contribution in [0.5, 0.6) is 0 Å². The first-order chi connectivity index (χ1) is 8.96. The van der Waals surface area contributed by atoms with Crippen molar-refractivity contribution in [2.24, 2.45) is 5.73 Å². The maximum Gasteiger partial charge on any atom is 0.237 e. The highest BCUT2D eigenvalue weighted by Crippen LogP contribution is 2.29. The van der Waals surface area contributed by atoms with Gasteiger partial charge in [-0.3, -0.25) is 4.79 Å². The molecular weight excluding hydrogens is 245 g/mol. The van der Waals surface area contributed by atoms with Crippen LogP contribution < -0.4 is 16.0 Å². The Balaban J connectivity index is 2.07. The minimum Gasteiger partial charge on any atom is -0.371 e. The molecule has 2 rings (SSSR count). The maximum absolute atomic E-state index is 13.3. The van der Waals surface area contributed by atoms with Gasteiger partial charge in [-0.05, 0) is 44.5 Å². The number of nitrogens with one attached hydrogen (secondary N) is 1. The summed E-state index contributed by atoms with van der Waals surface area (Å²) in [5.41, 5.74) is 6.77. The van der Waals surface area contributed by atoms with E-state index in [2.05, 4.69) is 10.2 Å². The van der Waals surface area contributed by atoms with E-state index in [1.165, 1.54) is 6.07 Å². The molecule has 5 heteroatoms. The van der Waals surface area contributed by atoms with Crippen molar-refractivity contribution < 1.29 is 9.18 Å². The van der Waals surface area contributed by atoms with Gasteiger partial charge < -0.3 is 16.0 Å². The van der Waals surface area contributed by atoms with Crippen LogP contribution in [0.4, 0.5) is 10.1 Å². The Morgan fingerprint density at radius 2 is 2.32 bits per heavy atom. The predicted octanol–water partition coefficient (Wildman–Crippen LogP) is 1.04. The second kappa shape index (κ2) is 5.17. The normalized spacial score (nSPS) is 17.1. The van der Waals surface area contributed by atoms with E-state index in [0.29, 0.717) is 13.0 Å². The van der Waals surface area contributed by atoms with Crippen LogP contribution in [0.25, 0.3) is 0 Å². The largest absolute Gasteiger partial charge is 0.371 e. The summed E-state index contributed by atoms with van der Waals surface area (Å²) in [6.07, 6.45) is 1.51. The molecule has 1 amide bonds. The van der Waals surface area contributed by atoms with E-state index in [1.807, 2.05) is 6.07 Å². The molecule has 4 nitrogen and oxygen atoms in total. The van der Waals surface area contributed by atoms with Crippen molar-refractivity contribution in [3.05, 3.63) is 29.6 Å². The van der Waals surface area contributed by atoms with Crippen LogP contribution in [-0.2, 0) is 11.2 Å². The molecule has 0 aromatic heterocycles. The number of hydrogen-bond acceptors (Lipinski definition) is 3. The molecule has 104 valence electrons. The summed E-state index contributed by atoms with van der Waals surface area (Å²) >= 11 is 0. The first-order valence-corrected chi connectivity index (χ1v) is 6.48. The Kier molecular flexibility index (Phi) is 3.75. The number of fused-ring (bicyclic) bond motifs is 1. The molecule has 1 aromatic rings. The maximum atomic E-state index is 13.3. The van der Waals surface area contributed by atoms with Crippen molar-refractivity contribution in [2.45, 2.75) is 25.3 Å². The number of likely N-dealkylation sites (N-methyl/N-ethyl adjacent to an activating group) is 1. The highest BCUT2D eigenvalue weighted by Gasteiger charge is 2.30. The molecule has 0 spiro atoms. The molecule has 3 N–H and O–H groups in total. The predicted molar refractivity (Wildman–Crippen MR) is 73.6 cm³/mol. The zero-order chi connectivity index (χ0) is 14.0. The fourth-order valence-electron chi connectivity index (χ4n) is 2.38. The number of amides is 1. The fraction of sp³-hybridized carbons (Fsp3) is 0.500. The molecule has 0 aliphatic carbocycles.